The summed E-state index contributed by atoms with van der Waals surface area (Å²) in [7, 11) is 0. The van der Waals surface area contributed by atoms with Gasteiger partial charge in [-0.05, 0) is 38.5 Å². The van der Waals surface area contributed by atoms with Crippen LogP contribution in [0.4, 0.5) is 5.69 Å². The Balaban J connectivity index is 1.57. The molecule has 1 fully saturated rings. The Bertz CT molecular complexity index is 699. The Morgan fingerprint density at radius 3 is 2.52 bits per heavy atom. The van der Waals surface area contributed by atoms with Crippen LogP contribution in [0.25, 0.3) is 0 Å². The van der Waals surface area contributed by atoms with Crippen molar-refractivity contribution in [3.63, 3.8) is 0 Å². The predicted molar refractivity (Wildman–Crippen MR) is 95.7 cm³/mol. The number of benzene rings is 1. The molecular formula is C19H25N3O3. The van der Waals surface area contributed by atoms with E-state index in [4.69, 9.17) is 9.26 Å². The maximum atomic E-state index is 12.4. The fourth-order valence-electron chi connectivity index (χ4n) is 3.23. The number of aromatic nitrogens is 1. The van der Waals surface area contributed by atoms with Crippen molar-refractivity contribution in [3.8, 4) is 0 Å². The summed E-state index contributed by atoms with van der Waals surface area (Å²) in [5, 5.41) is 6.92. The quantitative estimate of drug-likeness (QED) is 0.904. The van der Waals surface area contributed by atoms with E-state index in [0.717, 1.165) is 43.1 Å². The van der Waals surface area contributed by atoms with Crippen molar-refractivity contribution in [2.24, 2.45) is 0 Å². The normalized spacial score (nSPS) is 15.9. The molecule has 25 heavy (non-hydrogen) atoms. The average Bonchev–Trinajstić information content (AvgIpc) is 2.98. The standard InChI is InChI=1S/C19H25N3O3/c1-13(18-14(2)21-25-15(18)3)19(23)20-12-16-4-6-17(7-5-16)22-8-10-24-11-9-22/h4-7,13H,8-12H2,1-3H3,(H,20,23)/t13-/m1/s1. The molecule has 1 atom stereocenters. The molecule has 1 saturated heterocycles. The van der Waals surface area contributed by atoms with Gasteiger partial charge in [-0.1, -0.05) is 17.3 Å². The van der Waals surface area contributed by atoms with Crippen LogP contribution in [0.1, 0.15) is 35.4 Å². The summed E-state index contributed by atoms with van der Waals surface area (Å²) in [6.45, 7) is 9.48. The highest BCUT2D eigenvalue weighted by molar-refractivity contribution is 5.83. The van der Waals surface area contributed by atoms with Gasteiger partial charge in [0.2, 0.25) is 5.91 Å². The maximum Gasteiger partial charge on any atom is 0.227 e. The second kappa shape index (κ2) is 7.70. The number of hydrogen-bond acceptors (Lipinski definition) is 5. The Kier molecular flexibility index (Phi) is 5.38. The van der Waals surface area contributed by atoms with Gasteiger partial charge in [0.1, 0.15) is 5.76 Å². The van der Waals surface area contributed by atoms with Crippen molar-refractivity contribution < 1.29 is 14.1 Å². The molecule has 0 spiro atoms. The molecule has 134 valence electrons. The molecule has 2 heterocycles. The van der Waals surface area contributed by atoms with Gasteiger partial charge in [-0.25, -0.2) is 0 Å². The number of carbonyl (C=O) groups excluding carboxylic acids is 1. The zero-order valence-corrected chi connectivity index (χ0v) is 15.0. The molecular weight excluding hydrogens is 318 g/mol. The summed E-state index contributed by atoms with van der Waals surface area (Å²) in [5.74, 6) is 0.403. The molecule has 0 aliphatic carbocycles. The molecule has 0 radical (unpaired) electrons. The van der Waals surface area contributed by atoms with Gasteiger partial charge in [0.25, 0.3) is 0 Å². The highest BCUT2D eigenvalue weighted by Gasteiger charge is 2.22. The molecule has 3 rings (SSSR count). The number of rotatable bonds is 5. The molecule has 1 amide bonds. The lowest BCUT2D eigenvalue weighted by Crippen LogP contribution is -2.36. The van der Waals surface area contributed by atoms with Crippen molar-refractivity contribution >= 4 is 11.6 Å². The van der Waals surface area contributed by atoms with E-state index < -0.39 is 0 Å². The van der Waals surface area contributed by atoms with Crippen LogP contribution >= 0.6 is 0 Å². The molecule has 0 bridgehead atoms. The van der Waals surface area contributed by atoms with Gasteiger partial charge in [0.05, 0.1) is 24.8 Å². The second-order valence-corrected chi connectivity index (χ2v) is 6.44. The van der Waals surface area contributed by atoms with E-state index in [9.17, 15) is 4.79 Å². The van der Waals surface area contributed by atoms with Crippen LogP contribution in [0.15, 0.2) is 28.8 Å². The molecule has 6 nitrogen and oxygen atoms in total. The number of hydrogen-bond donors (Lipinski definition) is 1. The van der Waals surface area contributed by atoms with Crippen molar-refractivity contribution in [3.05, 3.63) is 46.8 Å². The number of ether oxygens (including phenoxy) is 1. The number of nitrogens with zero attached hydrogens (tertiary/aromatic N) is 2. The van der Waals surface area contributed by atoms with E-state index in [2.05, 4.69) is 39.6 Å². The van der Waals surface area contributed by atoms with E-state index in [1.54, 1.807) is 0 Å². The minimum Gasteiger partial charge on any atom is -0.378 e. The number of anilines is 1. The molecule has 1 N–H and O–H groups in total. The van der Waals surface area contributed by atoms with E-state index >= 15 is 0 Å². The zero-order chi connectivity index (χ0) is 17.8. The maximum absolute atomic E-state index is 12.4. The predicted octanol–water partition coefficient (Wildman–Crippen LogP) is 2.55. The first-order valence-electron chi connectivity index (χ1n) is 8.68. The Hall–Kier alpha value is -2.34. The Morgan fingerprint density at radius 2 is 1.92 bits per heavy atom. The van der Waals surface area contributed by atoms with Crippen molar-refractivity contribution in [1.82, 2.24) is 10.5 Å². The summed E-state index contributed by atoms with van der Waals surface area (Å²) in [6, 6.07) is 8.33. The van der Waals surface area contributed by atoms with Crippen molar-refractivity contribution in [1.29, 1.82) is 0 Å². The molecule has 6 heteroatoms. The van der Waals surface area contributed by atoms with Gasteiger partial charge < -0.3 is 19.5 Å². The first kappa shape index (κ1) is 17.5. The average molecular weight is 343 g/mol. The van der Waals surface area contributed by atoms with E-state index in [1.807, 2.05) is 20.8 Å². The summed E-state index contributed by atoms with van der Waals surface area (Å²) < 4.78 is 10.5. The van der Waals surface area contributed by atoms with Crippen LogP contribution in [0.3, 0.4) is 0 Å². The first-order chi connectivity index (χ1) is 12.1. The number of nitrogens with one attached hydrogen (secondary N) is 1. The van der Waals surface area contributed by atoms with Crippen LogP contribution in [0.2, 0.25) is 0 Å². The van der Waals surface area contributed by atoms with Gasteiger partial charge in [-0.3, -0.25) is 4.79 Å². The van der Waals surface area contributed by atoms with Crippen LogP contribution in [-0.2, 0) is 16.1 Å². The van der Waals surface area contributed by atoms with Crippen molar-refractivity contribution in [2.45, 2.75) is 33.2 Å². The third-order valence-electron chi connectivity index (χ3n) is 4.69. The van der Waals surface area contributed by atoms with Gasteiger partial charge in [-0.2, -0.15) is 0 Å². The van der Waals surface area contributed by atoms with Crippen LogP contribution in [-0.4, -0.2) is 37.4 Å². The summed E-state index contributed by atoms with van der Waals surface area (Å²) in [6.07, 6.45) is 0. The molecule has 2 aromatic rings. The molecule has 0 unspecified atom stereocenters. The number of morpholine rings is 1. The Morgan fingerprint density at radius 1 is 1.24 bits per heavy atom. The minimum atomic E-state index is -0.279. The molecule has 1 aliphatic heterocycles. The third-order valence-corrected chi connectivity index (χ3v) is 4.69. The lowest BCUT2D eigenvalue weighted by Gasteiger charge is -2.28. The first-order valence-corrected chi connectivity index (χ1v) is 8.68. The monoisotopic (exact) mass is 343 g/mol. The fourth-order valence-corrected chi connectivity index (χ4v) is 3.23. The largest absolute Gasteiger partial charge is 0.378 e. The van der Waals surface area contributed by atoms with Crippen molar-refractivity contribution in [2.75, 3.05) is 31.2 Å². The van der Waals surface area contributed by atoms with Gasteiger partial charge in [0.15, 0.2) is 0 Å². The Labute approximate surface area is 148 Å². The van der Waals surface area contributed by atoms with Crippen LogP contribution < -0.4 is 10.2 Å². The van der Waals surface area contributed by atoms with Crippen LogP contribution in [0, 0.1) is 13.8 Å². The fraction of sp³-hybridized carbons (Fsp3) is 0.474. The molecule has 0 saturated carbocycles. The van der Waals surface area contributed by atoms with Gasteiger partial charge in [-0.15, -0.1) is 0 Å². The topological polar surface area (TPSA) is 67.6 Å². The number of carbonyl (C=O) groups is 1. The molecule has 1 aromatic carbocycles. The lowest BCUT2D eigenvalue weighted by molar-refractivity contribution is -0.122. The van der Waals surface area contributed by atoms with Gasteiger partial charge >= 0.3 is 0 Å². The molecule has 1 aliphatic rings. The van der Waals surface area contributed by atoms with E-state index in [0.29, 0.717) is 12.3 Å². The SMILES string of the molecule is Cc1noc(C)c1[C@@H](C)C(=O)NCc1ccc(N2CCOCC2)cc1. The number of aryl methyl sites for hydroxylation is 2. The minimum absolute atomic E-state index is 0.0216. The highest BCUT2D eigenvalue weighted by atomic mass is 16.5. The highest BCUT2D eigenvalue weighted by Crippen LogP contribution is 2.23. The van der Waals surface area contributed by atoms with Gasteiger partial charge in [0, 0.05) is 30.9 Å². The smallest absolute Gasteiger partial charge is 0.227 e. The zero-order valence-electron chi connectivity index (χ0n) is 15.0. The lowest BCUT2D eigenvalue weighted by atomic mass is 9.98. The summed E-state index contributed by atoms with van der Waals surface area (Å²) >= 11 is 0. The third kappa shape index (κ3) is 4.02. The molecule has 1 aromatic heterocycles. The summed E-state index contributed by atoms with van der Waals surface area (Å²) in [5.41, 5.74) is 3.92. The number of amides is 1. The summed E-state index contributed by atoms with van der Waals surface area (Å²) in [4.78, 5) is 14.7. The van der Waals surface area contributed by atoms with E-state index in [-0.39, 0.29) is 11.8 Å². The van der Waals surface area contributed by atoms with Crippen LogP contribution in [0.5, 0.6) is 0 Å². The second-order valence-electron chi connectivity index (χ2n) is 6.44. The van der Waals surface area contributed by atoms with E-state index in [1.165, 1.54) is 5.69 Å².